The summed E-state index contributed by atoms with van der Waals surface area (Å²) in [4.78, 5) is 19.0. The number of likely N-dealkylation sites (tertiary alicyclic amines) is 1. The lowest BCUT2D eigenvalue weighted by molar-refractivity contribution is 0.0820. The monoisotopic (exact) mass is 353 g/mol. The fourth-order valence-electron chi connectivity index (χ4n) is 4.46. The van der Waals surface area contributed by atoms with E-state index in [1.165, 1.54) is 50.8 Å². The number of hydrogen-bond donors (Lipinski definition) is 1. The topological polar surface area (TPSA) is 63.1 Å². The molecule has 2 heterocycles. The lowest BCUT2D eigenvalue weighted by Crippen LogP contribution is -2.41. The quantitative estimate of drug-likeness (QED) is 0.917. The smallest absolute Gasteiger partial charge is 0.258 e. The number of carbonyl (C=O) groups is 1. The van der Waals surface area contributed by atoms with Gasteiger partial charge in [-0.3, -0.25) is 19.7 Å². The number of carbonyl (C=O) groups excluding carboxylic acids is 1. The molecule has 1 amide bonds. The van der Waals surface area contributed by atoms with Crippen LogP contribution in [0.25, 0.3) is 0 Å². The minimum atomic E-state index is -0.163. The molecule has 1 aromatic carbocycles. The number of anilines is 1. The van der Waals surface area contributed by atoms with E-state index in [1.54, 1.807) is 18.1 Å². The standard InChI is InChI=1S/C20H27N5O/c1-24-14-21-20(23-24)22-19(26)17-8-4-5-15(11-17)12-25-10-9-16-6-2-3-7-18(16)13-25/h4-5,8,11,14,16,18H,2-3,6-7,9-10,12-13H2,1H3,(H,22,23,26)/t16-,18-/m0/s1. The maximum Gasteiger partial charge on any atom is 0.258 e. The third kappa shape index (κ3) is 3.96. The fourth-order valence-corrected chi connectivity index (χ4v) is 4.46. The molecule has 6 heteroatoms. The maximum atomic E-state index is 12.4. The van der Waals surface area contributed by atoms with Crippen LogP contribution in [0.4, 0.5) is 5.95 Å². The summed E-state index contributed by atoms with van der Waals surface area (Å²) < 4.78 is 1.57. The molecule has 26 heavy (non-hydrogen) atoms. The van der Waals surface area contributed by atoms with E-state index in [1.807, 2.05) is 18.2 Å². The summed E-state index contributed by atoms with van der Waals surface area (Å²) in [6, 6.07) is 7.91. The summed E-state index contributed by atoms with van der Waals surface area (Å²) in [5.74, 6) is 1.99. The average molecular weight is 353 g/mol. The number of piperidine rings is 1. The molecule has 4 rings (SSSR count). The highest BCUT2D eigenvalue weighted by Crippen LogP contribution is 2.36. The number of hydrogen-bond acceptors (Lipinski definition) is 4. The minimum Gasteiger partial charge on any atom is -0.299 e. The van der Waals surface area contributed by atoms with E-state index >= 15 is 0 Å². The largest absolute Gasteiger partial charge is 0.299 e. The summed E-state index contributed by atoms with van der Waals surface area (Å²) in [5, 5.41) is 6.85. The molecule has 1 N–H and O–H groups in total. The van der Waals surface area contributed by atoms with Gasteiger partial charge in [-0.1, -0.05) is 31.4 Å². The van der Waals surface area contributed by atoms with Crippen LogP contribution < -0.4 is 5.32 Å². The molecule has 1 saturated carbocycles. The highest BCUT2D eigenvalue weighted by atomic mass is 16.1. The van der Waals surface area contributed by atoms with Crippen LogP contribution in [-0.4, -0.2) is 38.7 Å². The first-order valence-corrected chi connectivity index (χ1v) is 9.65. The van der Waals surface area contributed by atoms with Gasteiger partial charge in [-0.05, 0) is 48.9 Å². The van der Waals surface area contributed by atoms with Crippen LogP contribution in [0.5, 0.6) is 0 Å². The van der Waals surface area contributed by atoms with Crippen LogP contribution in [0.15, 0.2) is 30.6 Å². The number of nitrogens with one attached hydrogen (secondary N) is 1. The third-order valence-electron chi connectivity index (χ3n) is 5.80. The van der Waals surface area contributed by atoms with Gasteiger partial charge in [-0.25, -0.2) is 4.98 Å². The zero-order chi connectivity index (χ0) is 17.9. The van der Waals surface area contributed by atoms with Gasteiger partial charge in [0.15, 0.2) is 0 Å². The average Bonchev–Trinajstić information content (AvgIpc) is 3.06. The van der Waals surface area contributed by atoms with Crippen LogP contribution in [0.2, 0.25) is 0 Å². The zero-order valence-electron chi connectivity index (χ0n) is 15.4. The normalized spacial score (nSPS) is 23.4. The molecule has 1 saturated heterocycles. The minimum absolute atomic E-state index is 0.163. The SMILES string of the molecule is Cn1cnc(NC(=O)c2cccc(CN3CC[C@@H]4CCCC[C@H]4C3)c2)n1. The van der Waals surface area contributed by atoms with Gasteiger partial charge in [0.1, 0.15) is 6.33 Å². The van der Waals surface area contributed by atoms with E-state index in [9.17, 15) is 4.79 Å². The molecule has 6 nitrogen and oxygen atoms in total. The van der Waals surface area contributed by atoms with Crippen molar-refractivity contribution >= 4 is 11.9 Å². The lowest BCUT2D eigenvalue weighted by Gasteiger charge is -2.41. The first-order chi connectivity index (χ1) is 12.7. The Morgan fingerprint density at radius 1 is 1.23 bits per heavy atom. The highest BCUT2D eigenvalue weighted by molar-refractivity contribution is 6.03. The van der Waals surface area contributed by atoms with Gasteiger partial charge in [0, 0.05) is 25.7 Å². The zero-order valence-corrected chi connectivity index (χ0v) is 15.4. The van der Waals surface area contributed by atoms with Gasteiger partial charge in [0.2, 0.25) is 5.95 Å². The summed E-state index contributed by atoms with van der Waals surface area (Å²) in [6.45, 7) is 3.31. The summed E-state index contributed by atoms with van der Waals surface area (Å²) in [7, 11) is 1.78. The molecule has 0 unspecified atom stereocenters. The van der Waals surface area contributed by atoms with Gasteiger partial charge in [0.25, 0.3) is 5.91 Å². The molecular formula is C20H27N5O. The first-order valence-electron chi connectivity index (χ1n) is 9.65. The highest BCUT2D eigenvalue weighted by Gasteiger charge is 2.30. The van der Waals surface area contributed by atoms with Crippen molar-refractivity contribution in [2.45, 2.75) is 38.6 Å². The van der Waals surface area contributed by atoms with Crippen molar-refractivity contribution in [2.75, 3.05) is 18.4 Å². The molecule has 2 aliphatic rings. The molecule has 0 bridgehead atoms. The predicted molar refractivity (Wildman–Crippen MR) is 101 cm³/mol. The van der Waals surface area contributed by atoms with Gasteiger partial charge in [-0.15, -0.1) is 5.10 Å². The molecule has 2 aromatic rings. The summed E-state index contributed by atoms with van der Waals surface area (Å²) >= 11 is 0. The van der Waals surface area contributed by atoms with Crippen molar-refractivity contribution in [1.82, 2.24) is 19.7 Å². The lowest BCUT2D eigenvalue weighted by atomic mass is 9.75. The Bertz CT molecular complexity index is 771. The van der Waals surface area contributed by atoms with E-state index in [-0.39, 0.29) is 5.91 Å². The molecule has 1 aliphatic carbocycles. The van der Waals surface area contributed by atoms with Crippen LogP contribution in [0, 0.1) is 11.8 Å². The summed E-state index contributed by atoms with van der Waals surface area (Å²) in [6.07, 6.45) is 8.53. The predicted octanol–water partition coefficient (Wildman–Crippen LogP) is 3.08. The van der Waals surface area contributed by atoms with Crippen LogP contribution in [0.1, 0.15) is 48.0 Å². The van der Waals surface area contributed by atoms with Crippen LogP contribution in [-0.2, 0) is 13.6 Å². The second kappa shape index (κ2) is 7.58. The second-order valence-corrected chi connectivity index (χ2v) is 7.72. The van der Waals surface area contributed by atoms with Gasteiger partial charge in [-0.2, -0.15) is 0 Å². The Hall–Kier alpha value is -2.21. The Morgan fingerprint density at radius 2 is 2.08 bits per heavy atom. The molecule has 0 spiro atoms. The molecular weight excluding hydrogens is 326 g/mol. The first kappa shape index (κ1) is 17.2. The number of aromatic nitrogens is 3. The van der Waals surface area contributed by atoms with E-state index in [2.05, 4.69) is 26.4 Å². The van der Waals surface area contributed by atoms with Gasteiger partial charge in [0.05, 0.1) is 0 Å². The molecule has 2 fully saturated rings. The fraction of sp³-hybridized carbons (Fsp3) is 0.550. The molecule has 2 atom stereocenters. The number of fused-ring (bicyclic) bond motifs is 1. The third-order valence-corrected chi connectivity index (χ3v) is 5.80. The van der Waals surface area contributed by atoms with E-state index in [4.69, 9.17) is 0 Å². The van der Waals surface area contributed by atoms with Crippen molar-refractivity contribution < 1.29 is 4.79 Å². The Kier molecular flexibility index (Phi) is 5.02. The van der Waals surface area contributed by atoms with Crippen molar-refractivity contribution in [3.8, 4) is 0 Å². The van der Waals surface area contributed by atoms with Crippen molar-refractivity contribution in [3.05, 3.63) is 41.7 Å². The number of amides is 1. The van der Waals surface area contributed by atoms with E-state index in [0.717, 1.165) is 18.4 Å². The van der Waals surface area contributed by atoms with Crippen molar-refractivity contribution in [1.29, 1.82) is 0 Å². The van der Waals surface area contributed by atoms with Crippen LogP contribution in [0.3, 0.4) is 0 Å². The molecule has 0 radical (unpaired) electrons. The Morgan fingerprint density at radius 3 is 2.88 bits per heavy atom. The van der Waals surface area contributed by atoms with Crippen molar-refractivity contribution in [3.63, 3.8) is 0 Å². The Balaban J connectivity index is 1.38. The van der Waals surface area contributed by atoms with Crippen LogP contribution >= 0.6 is 0 Å². The molecule has 138 valence electrons. The Labute approximate surface area is 154 Å². The number of rotatable bonds is 4. The second-order valence-electron chi connectivity index (χ2n) is 7.72. The maximum absolute atomic E-state index is 12.4. The van der Waals surface area contributed by atoms with Crippen molar-refractivity contribution in [2.24, 2.45) is 18.9 Å². The number of benzene rings is 1. The number of nitrogens with zero attached hydrogens (tertiary/aromatic N) is 4. The molecule has 1 aliphatic heterocycles. The number of aryl methyl sites for hydroxylation is 1. The van der Waals surface area contributed by atoms with Gasteiger partial charge >= 0.3 is 0 Å². The van der Waals surface area contributed by atoms with Gasteiger partial charge < -0.3 is 0 Å². The van der Waals surface area contributed by atoms with E-state index < -0.39 is 0 Å². The molecule has 1 aromatic heterocycles. The van der Waals surface area contributed by atoms with E-state index in [0.29, 0.717) is 11.5 Å². The summed E-state index contributed by atoms with van der Waals surface area (Å²) in [5.41, 5.74) is 1.85.